The Kier molecular flexibility index (Phi) is 6.07. The average Bonchev–Trinajstić information content (AvgIpc) is 2.64. The summed E-state index contributed by atoms with van der Waals surface area (Å²) in [6.45, 7) is 0.669. The molecule has 2 unspecified atom stereocenters. The van der Waals surface area contributed by atoms with Crippen molar-refractivity contribution in [1.29, 1.82) is 0 Å². The standard InChI is InChI=1S/C20H21Cl2NO3/c1-26-18-10-9-13(21)12-15(18)19(14-6-2-3-7-16(14)22)23-11-5-4-8-17(23)20(24)25/h2-3,6-7,9-10,12,17,19H,4-5,8,11H2,1H3,(H,24,25). The van der Waals surface area contributed by atoms with Gasteiger partial charge in [-0.25, -0.2) is 0 Å². The van der Waals surface area contributed by atoms with Crippen molar-refractivity contribution in [3.8, 4) is 5.75 Å². The van der Waals surface area contributed by atoms with Gasteiger partial charge in [-0.1, -0.05) is 47.8 Å². The summed E-state index contributed by atoms with van der Waals surface area (Å²) in [7, 11) is 1.60. The highest BCUT2D eigenvalue weighted by molar-refractivity contribution is 6.31. The molecule has 1 heterocycles. The molecule has 2 aromatic carbocycles. The molecule has 1 aliphatic heterocycles. The molecule has 0 saturated carbocycles. The summed E-state index contributed by atoms with van der Waals surface area (Å²) >= 11 is 12.8. The Morgan fingerprint density at radius 1 is 1.19 bits per heavy atom. The fourth-order valence-corrected chi connectivity index (χ4v) is 4.09. The maximum atomic E-state index is 11.9. The predicted molar refractivity (Wildman–Crippen MR) is 103 cm³/mol. The van der Waals surface area contributed by atoms with Crippen LogP contribution >= 0.6 is 23.2 Å². The minimum atomic E-state index is -0.817. The number of methoxy groups -OCH3 is 1. The Morgan fingerprint density at radius 2 is 1.96 bits per heavy atom. The minimum absolute atomic E-state index is 0.348. The lowest BCUT2D eigenvalue weighted by molar-refractivity contribution is -0.145. The van der Waals surface area contributed by atoms with Crippen LogP contribution in [0.1, 0.15) is 36.4 Å². The van der Waals surface area contributed by atoms with E-state index in [0.717, 1.165) is 24.0 Å². The molecule has 0 aliphatic carbocycles. The van der Waals surface area contributed by atoms with Gasteiger partial charge in [0.25, 0.3) is 0 Å². The normalized spacial score (nSPS) is 19.1. The van der Waals surface area contributed by atoms with Crippen LogP contribution < -0.4 is 4.74 Å². The third-order valence-corrected chi connectivity index (χ3v) is 5.43. The third-order valence-electron chi connectivity index (χ3n) is 4.85. The van der Waals surface area contributed by atoms with Crippen LogP contribution in [0.4, 0.5) is 0 Å². The minimum Gasteiger partial charge on any atom is -0.496 e. The zero-order chi connectivity index (χ0) is 18.7. The maximum Gasteiger partial charge on any atom is 0.320 e. The quantitative estimate of drug-likeness (QED) is 0.773. The van der Waals surface area contributed by atoms with Gasteiger partial charge in [-0.2, -0.15) is 0 Å². The van der Waals surface area contributed by atoms with Crippen LogP contribution in [0.3, 0.4) is 0 Å². The van der Waals surface area contributed by atoms with E-state index in [-0.39, 0.29) is 6.04 Å². The highest BCUT2D eigenvalue weighted by atomic mass is 35.5. The number of carbonyl (C=O) groups is 1. The number of carboxylic acid groups (broad SMARTS) is 1. The molecule has 0 bridgehead atoms. The summed E-state index contributed by atoms with van der Waals surface area (Å²) in [4.78, 5) is 13.9. The van der Waals surface area contributed by atoms with Gasteiger partial charge in [-0.3, -0.25) is 9.69 Å². The number of likely N-dealkylation sites (tertiary alicyclic amines) is 1. The molecule has 0 aromatic heterocycles. The molecule has 4 nitrogen and oxygen atoms in total. The van der Waals surface area contributed by atoms with Gasteiger partial charge in [0.15, 0.2) is 0 Å². The second-order valence-corrected chi connectivity index (χ2v) is 7.24. The van der Waals surface area contributed by atoms with Gasteiger partial charge < -0.3 is 9.84 Å². The van der Waals surface area contributed by atoms with Crippen molar-refractivity contribution in [2.24, 2.45) is 0 Å². The number of ether oxygens (including phenoxy) is 1. The van der Waals surface area contributed by atoms with Crippen LogP contribution in [-0.2, 0) is 4.79 Å². The number of hydrogen-bond donors (Lipinski definition) is 1. The lowest BCUT2D eigenvalue weighted by atomic mass is 9.91. The van der Waals surface area contributed by atoms with Gasteiger partial charge in [0.05, 0.1) is 13.2 Å². The molecule has 0 radical (unpaired) electrons. The van der Waals surface area contributed by atoms with Gasteiger partial charge in [-0.05, 0) is 49.2 Å². The fourth-order valence-electron chi connectivity index (χ4n) is 3.67. The van der Waals surface area contributed by atoms with Crippen LogP contribution in [-0.4, -0.2) is 35.7 Å². The number of nitrogens with zero attached hydrogens (tertiary/aromatic N) is 1. The van der Waals surface area contributed by atoms with E-state index in [4.69, 9.17) is 27.9 Å². The molecule has 1 N–H and O–H groups in total. The molecule has 2 atom stereocenters. The lowest BCUT2D eigenvalue weighted by Crippen LogP contribution is -2.47. The molecular formula is C20H21Cl2NO3. The molecule has 0 spiro atoms. The first-order chi connectivity index (χ1) is 12.5. The van der Waals surface area contributed by atoms with E-state index in [1.54, 1.807) is 19.2 Å². The second kappa shape index (κ2) is 8.30. The number of carboxylic acids is 1. The summed E-state index contributed by atoms with van der Waals surface area (Å²) in [6, 6.07) is 12.0. The predicted octanol–water partition coefficient (Wildman–Crippen LogP) is 5.03. The van der Waals surface area contributed by atoms with Gasteiger partial charge in [0.2, 0.25) is 0 Å². The Bertz CT molecular complexity index is 796. The monoisotopic (exact) mass is 393 g/mol. The van der Waals surface area contributed by atoms with Crippen molar-refractivity contribution >= 4 is 29.2 Å². The van der Waals surface area contributed by atoms with Crippen LogP contribution in [0.2, 0.25) is 10.0 Å². The largest absolute Gasteiger partial charge is 0.496 e. The first kappa shape index (κ1) is 19.0. The van der Waals surface area contributed by atoms with Gasteiger partial charge >= 0.3 is 5.97 Å². The fraction of sp³-hybridized carbons (Fsp3) is 0.350. The number of aliphatic carboxylic acids is 1. The van der Waals surface area contributed by atoms with Crippen molar-refractivity contribution in [3.05, 3.63) is 63.6 Å². The highest BCUT2D eigenvalue weighted by Crippen LogP contribution is 2.41. The summed E-state index contributed by atoms with van der Waals surface area (Å²) in [5, 5.41) is 10.9. The molecule has 3 rings (SSSR count). The third kappa shape index (κ3) is 3.83. The first-order valence-corrected chi connectivity index (χ1v) is 9.35. The molecule has 1 aliphatic rings. The molecule has 138 valence electrons. The molecule has 1 saturated heterocycles. The van der Waals surface area contributed by atoms with Crippen LogP contribution in [0, 0.1) is 0 Å². The Labute approximate surface area is 163 Å². The maximum absolute atomic E-state index is 11.9. The van der Waals surface area contributed by atoms with E-state index in [2.05, 4.69) is 0 Å². The van der Waals surface area contributed by atoms with Crippen molar-refractivity contribution < 1.29 is 14.6 Å². The summed E-state index contributed by atoms with van der Waals surface area (Å²) in [5.74, 6) is -0.156. The zero-order valence-corrected chi connectivity index (χ0v) is 16.0. The smallest absolute Gasteiger partial charge is 0.320 e. The lowest BCUT2D eigenvalue weighted by Gasteiger charge is -2.40. The van der Waals surface area contributed by atoms with Crippen LogP contribution in [0.25, 0.3) is 0 Å². The number of hydrogen-bond acceptors (Lipinski definition) is 3. The summed E-state index contributed by atoms with van der Waals surface area (Å²) in [5.41, 5.74) is 1.67. The van der Waals surface area contributed by atoms with Crippen molar-refractivity contribution in [1.82, 2.24) is 4.90 Å². The van der Waals surface area contributed by atoms with Gasteiger partial charge in [0, 0.05) is 15.6 Å². The number of benzene rings is 2. The first-order valence-electron chi connectivity index (χ1n) is 8.59. The average molecular weight is 394 g/mol. The number of halogens is 2. The van der Waals surface area contributed by atoms with E-state index in [1.165, 1.54) is 0 Å². The summed E-state index contributed by atoms with van der Waals surface area (Å²) < 4.78 is 5.55. The molecule has 1 fully saturated rings. The second-order valence-electron chi connectivity index (χ2n) is 6.40. The molecule has 6 heteroatoms. The zero-order valence-electron chi connectivity index (χ0n) is 14.5. The molecule has 26 heavy (non-hydrogen) atoms. The van der Waals surface area contributed by atoms with E-state index in [1.807, 2.05) is 35.2 Å². The van der Waals surface area contributed by atoms with Crippen LogP contribution in [0.5, 0.6) is 5.75 Å². The molecular weight excluding hydrogens is 373 g/mol. The van der Waals surface area contributed by atoms with Crippen molar-refractivity contribution in [2.75, 3.05) is 13.7 Å². The molecule has 2 aromatic rings. The van der Waals surface area contributed by atoms with Crippen LogP contribution in [0.15, 0.2) is 42.5 Å². The van der Waals surface area contributed by atoms with E-state index >= 15 is 0 Å². The Balaban J connectivity index is 2.19. The number of piperidine rings is 1. The van der Waals surface area contributed by atoms with Gasteiger partial charge in [-0.15, -0.1) is 0 Å². The number of rotatable bonds is 5. The van der Waals surface area contributed by atoms with E-state index in [0.29, 0.717) is 28.8 Å². The van der Waals surface area contributed by atoms with Gasteiger partial charge in [0.1, 0.15) is 11.8 Å². The topological polar surface area (TPSA) is 49.8 Å². The highest BCUT2D eigenvalue weighted by Gasteiger charge is 2.37. The van der Waals surface area contributed by atoms with E-state index < -0.39 is 12.0 Å². The summed E-state index contributed by atoms with van der Waals surface area (Å²) in [6.07, 6.45) is 2.45. The van der Waals surface area contributed by atoms with Crippen molar-refractivity contribution in [3.63, 3.8) is 0 Å². The van der Waals surface area contributed by atoms with Crippen molar-refractivity contribution in [2.45, 2.75) is 31.3 Å². The Hall–Kier alpha value is -1.75. The Morgan fingerprint density at radius 3 is 2.65 bits per heavy atom. The molecule has 0 amide bonds. The van der Waals surface area contributed by atoms with E-state index in [9.17, 15) is 9.90 Å². The SMILES string of the molecule is COc1ccc(Cl)cc1C(c1ccccc1Cl)N1CCCCC1C(=O)O.